The Hall–Kier alpha value is -3.66. The normalized spacial score (nSPS) is 11.3. The Morgan fingerprint density at radius 3 is 2.31 bits per heavy atom. The van der Waals surface area contributed by atoms with E-state index in [0.29, 0.717) is 30.6 Å². The summed E-state index contributed by atoms with van der Waals surface area (Å²) in [4.78, 5) is 28.2. The Balaban J connectivity index is 1.71. The van der Waals surface area contributed by atoms with Gasteiger partial charge < -0.3 is 9.67 Å². The molecule has 39 heavy (non-hydrogen) atoms. The lowest BCUT2D eigenvalue weighted by Crippen LogP contribution is -2.35. The molecule has 0 saturated carbocycles. The van der Waals surface area contributed by atoms with Gasteiger partial charge in [0, 0.05) is 24.9 Å². The van der Waals surface area contributed by atoms with Gasteiger partial charge in [0.1, 0.15) is 11.5 Å². The van der Waals surface area contributed by atoms with Crippen molar-refractivity contribution in [3.8, 4) is 11.1 Å². The van der Waals surface area contributed by atoms with E-state index in [4.69, 9.17) is 0 Å². The maximum Gasteiger partial charge on any atom is 0.354 e. The highest BCUT2D eigenvalue weighted by molar-refractivity contribution is 7.91. The van der Waals surface area contributed by atoms with Crippen molar-refractivity contribution in [3.05, 3.63) is 71.8 Å². The van der Waals surface area contributed by atoms with E-state index in [0.717, 1.165) is 55.5 Å². The summed E-state index contributed by atoms with van der Waals surface area (Å²) >= 11 is 0. The molecule has 1 amide bonds. The second-order valence-corrected chi connectivity index (χ2v) is 11.0. The van der Waals surface area contributed by atoms with Gasteiger partial charge in [-0.2, -0.15) is 8.42 Å². The zero-order valence-electron chi connectivity index (χ0n) is 22.7. The highest BCUT2D eigenvalue weighted by Gasteiger charge is 2.18. The fraction of sp³-hybridized carbons (Fsp3) is 0.414. The first-order valence-electron chi connectivity index (χ1n) is 13.5. The molecule has 0 fully saturated rings. The number of anilines is 1. The number of aryl methyl sites for hydroxylation is 1. The van der Waals surface area contributed by atoms with E-state index in [1.807, 2.05) is 24.3 Å². The Morgan fingerprint density at radius 2 is 1.62 bits per heavy atom. The van der Waals surface area contributed by atoms with Crippen LogP contribution in [-0.2, 0) is 28.0 Å². The number of hydrogen-bond donors (Lipinski definition) is 3. The monoisotopic (exact) mass is 554 g/mol. The number of unbranched alkanes of at least 4 members (excludes halogenated alkanes) is 5. The van der Waals surface area contributed by atoms with Crippen LogP contribution in [0.25, 0.3) is 11.1 Å². The van der Waals surface area contributed by atoms with Crippen LogP contribution in [0.1, 0.15) is 87.1 Å². The molecular formula is C29H38N4O5S. The zero-order valence-corrected chi connectivity index (χ0v) is 23.5. The van der Waals surface area contributed by atoms with Crippen molar-refractivity contribution in [3.63, 3.8) is 0 Å². The first-order valence-corrected chi connectivity index (χ1v) is 15.0. The van der Waals surface area contributed by atoms with Crippen molar-refractivity contribution in [1.29, 1.82) is 0 Å². The van der Waals surface area contributed by atoms with Crippen molar-refractivity contribution in [1.82, 2.24) is 14.3 Å². The third-order valence-corrected chi connectivity index (χ3v) is 7.43. The van der Waals surface area contributed by atoms with E-state index in [2.05, 4.69) is 28.3 Å². The summed E-state index contributed by atoms with van der Waals surface area (Å²) < 4.78 is 31.6. The van der Waals surface area contributed by atoms with Gasteiger partial charge in [0.2, 0.25) is 5.91 Å². The number of carboxylic acids is 1. The van der Waals surface area contributed by atoms with E-state index < -0.39 is 22.1 Å². The number of nitrogens with zero attached hydrogens (tertiary/aromatic N) is 2. The molecule has 1 heterocycles. The molecule has 9 nitrogen and oxygen atoms in total. The average molecular weight is 555 g/mol. The number of rotatable bonds is 16. The molecule has 3 N–H and O–H groups in total. The molecule has 0 bridgehead atoms. The molecule has 0 saturated heterocycles. The van der Waals surface area contributed by atoms with Crippen LogP contribution in [0.2, 0.25) is 0 Å². The number of benzene rings is 2. The molecule has 0 unspecified atom stereocenters. The molecule has 0 spiro atoms. The fourth-order valence-electron chi connectivity index (χ4n) is 4.35. The van der Waals surface area contributed by atoms with Gasteiger partial charge in [0.25, 0.3) is 0 Å². The summed E-state index contributed by atoms with van der Waals surface area (Å²) in [5.41, 5.74) is 2.81. The minimum atomic E-state index is -4.10. The van der Waals surface area contributed by atoms with Crippen LogP contribution in [0, 0.1) is 0 Å². The number of nitrogens with one attached hydrogen (secondary N) is 2. The highest BCUT2D eigenvalue weighted by atomic mass is 32.2. The number of amides is 1. The quantitative estimate of drug-likeness (QED) is 0.193. The Labute approximate surface area is 230 Å². The van der Waals surface area contributed by atoms with Gasteiger partial charge in [-0.25, -0.2) is 14.5 Å². The van der Waals surface area contributed by atoms with Crippen molar-refractivity contribution in [2.24, 2.45) is 0 Å². The topological polar surface area (TPSA) is 130 Å². The standard InChI is InChI=1S/C29H38N4O5S/c1-3-5-7-8-9-15-28(34)32-39(37,38)31-25-13-11-10-12-24(25)23-18-16-22(17-19-23)21-33-26(29(35)36)20-30-27(33)14-6-4-2/h10-13,16-20,31H,3-9,14-15,21H2,1-2H3,(H,32,34)(H,35,36). The number of carbonyl (C=O) groups excluding carboxylic acids is 1. The molecule has 0 atom stereocenters. The van der Waals surface area contributed by atoms with Gasteiger partial charge in [0.15, 0.2) is 0 Å². The molecule has 3 rings (SSSR count). The molecule has 0 aliphatic heterocycles. The number of carboxylic acid groups (broad SMARTS) is 1. The number of imidazole rings is 1. The summed E-state index contributed by atoms with van der Waals surface area (Å²) in [5.74, 6) is -0.813. The number of aromatic carboxylic acids is 1. The third-order valence-electron chi connectivity index (χ3n) is 6.44. The summed E-state index contributed by atoms with van der Waals surface area (Å²) in [5, 5.41) is 9.58. The van der Waals surface area contributed by atoms with Crippen LogP contribution in [-0.4, -0.2) is 35.0 Å². The predicted molar refractivity (Wildman–Crippen MR) is 153 cm³/mol. The zero-order chi connectivity index (χ0) is 28.3. The van der Waals surface area contributed by atoms with Crippen LogP contribution in [0.4, 0.5) is 5.69 Å². The molecular weight excluding hydrogens is 516 g/mol. The summed E-state index contributed by atoms with van der Waals surface area (Å²) in [6.45, 7) is 4.55. The Morgan fingerprint density at radius 1 is 0.923 bits per heavy atom. The number of hydrogen-bond acceptors (Lipinski definition) is 5. The predicted octanol–water partition coefficient (Wildman–Crippen LogP) is 5.77. The van der Waals surface area contributed by atoms with Crippen LogP contribution in [0.15, 0.2) is 54.7 Å². The largest absolute Gasteiger partial charge is 0.477 e. The fourth-order valence-corrected chi connectivity index (χ4v) is 5.27. The van der Waals surface area contributed by atoms with Crippen LogP contribution >= 0.6 is 0 Å². The lowest BCUT2D eigenvalue weighted by atomic mass is 10.0. The van der Waals surface area contributed by atoms with E-state index in [9.17, 15) is 23.1 Å². The Bertz CT molecular complexity index is 1350. The SMILES string of the molecule is CCCCCCCC(=O)NS(=O)(=O)Nc1ccccc1-c1ccc(Cn2c(C(=O)O)cnc2CCCC)cc1. The number of aromatic nitrogens is 2. The van der Waals surface area contributed by atoms with Crippen LogP contribution in [0.3, 0.4) is 0 Å². The van der Waals surface area contributed by atoms with Gasteiger partial charge in [0.05, 0.1) is 11.9 Å². The molecule has 0 radical (unpaired) electrons. The minimum absolute atomic E-state index is 0.146. The lowest BCUT2D eigenvalue weighted by molar-refractivity contribution is -0.119. The van der Waals surface area contributed by atoms with Gasteiger partial charge in [-0.05, 0) is 30.0 Å². The van der Waals surface area contributed by atoms with Crippen LogP contribution < -0.4 is 9.44 Å². The molecule has 10 heteroatoms. The van der Waals surface area contributed by atoms with Gasteiger partial charge in [-0.1, -0.05) is 88.4 Å². The van der Waals surface area contributed by atoms with Gasteiger partial charge in [-0.3, -0.25) is 9.52 Å². The first-order chi connectivity index (χ1) is 18.7. The minimum Gasteiger partial charge on any atom is -0.477 e. The molecule has 210 valence electrons. The second kappa shape index (κ2) is 14.5. The maximum atomic E-state index is 12.7. The van der Waals surface area contributed by atoms with Crippen molar-refractivity contribution in [2.75, 3.05) is 4.72 Å². The van der Waals surface area contributed by atoms with Crippen LogP contribution in [0.5, 0.6) is 0 Å². The highest BCUT2D eigenvalue weighted by Crippen LogP contribution is 2.29. The summed E-state index contributed by atoms with van der Waals surface area (Å²) in [7, 11) is -4.10. The molecule has 3 aromatic rings. The lowest BCUT2D eigenvalue weighted by Gasteiger charge is -2.14. The average Bonchev–Trinajstić information content (AvgIpc) is 3.30. The van der Waals surface area contributed by atoms with Crippen molar-refractivity contribution in [2.45, 2.75) is 78.2 Å². The Kier molecular flexibility index (Phi) is 11.1. The number of para-hydroxylation sites is 1. The molecule has 2 aromatic carbocycles. The van der Waals surface area contributed by atoms with E-state index >= 15 is 0 Å². The van der Waals surface area contributed by atoms with Gasteiger partial charge in [-0.15, -0.1) is 0 Å². The number of carbonyl (C=O) groups is 2. The second-order valence-electron chi connectivity index (χ2n) is 9.59. The molecule has 1 aromatic heterocycles. The molecule has 0 aliphatic carbocycles. The van der Waals surface area contributed by atoms with Crippen molar-refractivity contribution < 1.29 is 23.1 Å². The maximum absolute atomic E-state index is 12.7. The van der Waals surface area contributed by atoms with Gasteiger partial charge >= 0.3 is 16.2 Å². The van der Waals surface area contributed by atoms with E-state index in [-0.39, 0.29) is 12.1 Å². The first kappa shape index (κ1) is 29.9. The summed E-state index contributed by atoms with van der Waals surface area (Å²) in [6.07, 6.45) is 8.94. The smallest absolute Gasteiger partial charge is 0.354 e. The summed E-state index contributed by atoms with van der Waals surface area (Å²) in [6, 6.07) is 14.5. The van der Waals surface area contributed by atoms with E-state index in [1.54, 1.807) is 28.8 Å². The molecule has 0 aliphatic rings. The third kappa shape index (κ3) is 8.95. The van der Waals surface area contributed by atoms with E-state index in [1.165, 1.54) is 6.20 Å². The van der Waals surface area contributed by atoms with Crippen molar-refractivity contribution >= 4 is 27.8 Å².